The van der Waals surface area contributed by atoms with Gasteiger partial charge in [0, 0.05) is 14.2 Å². The molecule has 0 saturated carbocycles. The lowest BCUT2D eigenvalue weighted by molar-refractivity contribution is -0.163. The molecule has 0 aliphatic heterocycles. The van der Waals surface area contributed by atoms with Crippen LogP contribution in [0.2, 0.25) is 0 Å². The Morgan fingerprint density at radius 3 is 1.82 bits per heavy atom. The molecule has 0 heterocycles. The zero-order chi connectivity index (χ0) is 8.91. The molecule has 0 bridgehead atoms. The van der Waals surface area contributed by atoms with Gasteiger partial charge >= 0.3 is 0 Å². The van der Waals surface area contributed by atoms with E-state index in [2.05, 4.69) is 0 Å². The summed E-state index contributed by atoms with van der Waals surface area (Å²) in [6.45, 7) is 6.45. The topological polar surface area (TPSA) is 27.7 Å². The highest BCUT2D eigenvalue weighted by atomic mass is 16.7. The van der Waals surface area contributed by atoms with Gasteiger partial charge in [0.1, 0.15) is 0 Å². The molecule has 0 fully saturated rings. The highest BCUT2D eigenvalue weighted by Gasteiger charge is 2.13. The number of hydrogen-bond acceptors (Lipinski definition) is 3. The molecule has 0 aromatic carbocycles. The summed E-state index contributed by atoms with van der Waals surface area (Å²) >= 11 is 0. The van der Waals surface area contributed by atoms with Crippen LogP contribution in [0.4, 0.5) is 0 Å². The summed E-state index contributed by atoms with van der Waals surface area (Å²) in [7, 11) is 3.19. The second-order valence-electron chi connectivity index (χ2n) is 3.32. The Balaban J connectivity index is 3.51. The summed E-state index contributed by atoms with van der Waals surface area (Å²) in [5.74, 6) is 0. The van der Waals surface area contributed by atoms with Crippen LogP contribution in [0.25, 0.3) is 0 Å². The smallest absolute Gasteiger partial charge is 0.180 e. The Labute approximate surface area is 68.6 Å². The largest absolute Gasteiger partial charge is 0.371 e. The molecule has 11 heavy (non-hydrogen) atoms. The summed E-state index contributed by atoms with van der Waals surface area (Å²) in [4.78, 5) is 0. The molecule has 0 saturated heterocycles. The summed E-state index contributed by atoms with van der Waals surface area (Å²) in [6, 6.07) is 0. The number of methoxy groups -OCH3 is 2. The van der Waals surface area contributed by atoms with Crippen molar-refractivity contribution >= 4 is 0 Å². The summed E-state index contributed by atoms with van der Waals surface area (Å²) in [5.41, 5.74) is -0.130. The average Bonchev–Trinajstić information content (AvgIpc) is 1.88. The lowest BCUT2D eigenvalue weighted by Crippen LogP contribution is -2.28. The van der Waals surface area contributed by atoms with Crippen molar-refractivity contribution in [2.24, 2.45) is 0 Å². The average molecular weight is 162 g/mol. The summed E-state index contributed by atoms with van der Waals surface area (Å²) in [6.07, 6.45) is -0.255. The lowest BCUT2D eigenvalue weighted by Gasteiger charge is -2.22. The van der Waals surface area contributed by atoms with E-state index in [9.17, 15) is 0 Å². The zero-order valence-corrected chi connectivity index (χ0v) is 8.01. The first-order valence-corrected chi connectivity index (χ1v) is 3.69. The van der Waals surface area contributed by atoms with E-state index >= 15 is 0 Å². The molecular formula is C8H18O3. The van der Waals surface area contributed by atoms with Gasteiger partial charge in [0.05, 0.1) is 12.2 Å². The highest BCUT2D eigenvalue weighted by molar-refractivity contribution is 4.58. The minimum atomic E-state index is -0.255. The number of hydrogen-bond donors (Lipinski definition) is 0. The number of rotatable bonds is 4. The van der Waals surface area contributed by atoms with Gasteiger partial charge in [-0.2, -0.15) is 0 Å². The maximum absolute atomic E-state index is 5.42. The van der Waals surface area contributed by atoms with Crippen molar-refractivity contribution in [1.29, 1.82) is 0 Å². The van der Waals surface area contributed by atoms with Crippen LogP contribution in [-0.4, -0.2) is 32.7 Å². The molecule has 68 valence electrons. The Kier molecular flexibility index (Phi) is 4.65. The van der Waals surface area contributed by atoms with E-state index in [0.29, 0.717) is 6.61 Å². The summed E-state index contributed by atoms with van der Waals surface area (Å²) < 4.78 is 15.3. The van der Waals surface area contributed by atoms with Crippen LogP contribution in [-0.2, 0) is 14.2 Å². The molecule has 0 aromatic heterocycles. The van der Waals surface area contributed by atoms with Crippen LogP contribution < -0.4 is 0 Å². The van der Waals surface area contributed by atoms with E-state index in [4.69, 9.17) is 14.2 Å². The molecule has 3 heteroatoms. The van der Waals surface area contributed by atoms with E-state index in [1.165, 1.54) is 0 Å². The minimum absolute atomic E-state index is 0.130. The molecule has 3 nitrogen and oxygen atoms in total. The SMILES string of the molecule is COC(COC(C)(C)C)OC. The third-order valence-corrected chi connectivity index (χ3v) is 1.18. The van der Waals surface area contributed by atoms with Crippen LogP contribution in [0.5, 0.6) is 0 Å². The molecule has 0 rings (SSSR count). The second kappa shape index (κ2) is 4.70. The number of ether oxygens (including phenoxy) is 3. The van der Waals surface area contributed by atoms with Gasteiger partial charge in [-0.1, -0.05) is 0 Å². The first kappa shape index (κ1) is 10.9. The van der Waals surface area contributed by atoms with Gasteiger partial charge in [0.15, 0.2) is 6.29 Å². The quantitative estimate of drug-likeness (QED) is 0.585. The third-order valence-electron chi connectivity index (χ3n) is 1.18. The van der Waals surface area contributed by atoms with E-state index in [1.807, 2.05) is 20.8 Å². The Morgan fingerprint density at radius 1 is 1.09 bits per heavy atom. The van der Waals surface area contributed by atoms with Crippen molar-refractivity contribution in [2.75, 3.05) is 20.8 Å². The van der Waals surface area contributed by atoms with Crippen molar-refractivity contribution in [3.05, 3.63) is 0 Å². The fourth-order valence-electron chi connectivity index (χ4n) is 0.550. The monoisotopic (exact) mass is 162 g/mol. The Bertz CT molecular complexity index is 92.0. The van der Waals surface area contributed by atoms with Gasteiger partial charge in [0.2, 0.25) is 0 Å². The van der Waals surface area contributed by atoms with Gasteiger partial charge in [-0.25, -0.2) is 0 Å². The predicted octanol–water partition coefficient (Wildman–Crippen LogP) is 1.42. The van der Waals surface area contributed by atoms with Crippen LogP contribution in [0.15, 0.2) is 0 Å². The normalized spacial score (nSPS) is 12.5. The fourth-order valence-corrected chi connectivity index (χ4v) is 0.550. The fraction of sp³-hybridized carbons (Fsp3) is 1.00. The zero-order valence-electron chi connectivity index (χ0n) is 8.01. The van der Waals surface area contributed by atoms with Gasteiger partial charge in [-0.05, 0) is 20.8 Å². The van der Waals surface area contributed by atoms with Gasteiger partial charge in [-0.15, -0.1) is 0 Å². The molecule has 0 amide bonds. The summed E-state index contributed by atoms with van der Waals surface area (Å²) in [5, 5.41) is 0. The van der Waals surface area contributed by atoms with Gasteiger partial charge < -0.3 is 14.2 Å². The molecule has 0 aliphatic carbocycles. The first-order valence-electron chi connectivity index (χ1n) is 3.69. The lowest BCUT2D eigenvalue weighted by atomic mass is 10.2. The predicted molar refractivity (Wildman–Crippen MR) is 43.5 cm³/mol. The molecular weight excluding hydrogens is 144 g/mol. The van der Waals surface area contributed by atoms with Crippen molar-refractivity contribution in [3.8, 4) is 0 Å². The third kappa shape index (κ3) is 6.28. The second-order valence-corrected chi connectivity index (χ2v) is 3.32. The van der Waals surface area contributed by atoms with E-state index < -0.39 is 0 Å². The standard InChI is InChI=1S/C8H18O3/c1-8(2,3)11-6-7(9-4)10-5/h7H,6H2,1-5H3. The molecule has 0 unspecified atom stereocenters. The highest BCUT2D eigenvalue weighted by Crippen LogP contribution is 2.07. The molecule has 0 radical (unpaired) electrons. The van der Waals surface area contributed by atoms with Crippen LogP contribution in [0.3, 0.4) is 0 Å². The van der Waals surface area contributed by atoms with Crippen LogP contribution >= 0.6 is 0 Å². The van der Waals surface area contributed by atoms with E-state index in [1.54, 1.807) is 14.2 Å². The molecule has 0 aliphatic rings. The minimum Gasteiger partial charge on any atom is -0.371 e. The van der Waals surface area contributed by atoms with Crippen molar-refractivity contribution in [2.45, 2.75) is 32.7 Å². The van der Waals surface area contributed by atoms with Crippen LogP contribution in [0, 0.1) is 0 Å². The van der Waals surface area contributed by atoms with E-state index in [0.717, 1.165) is 0 Å². The Morgan fingerprint density at radius 2 is 1.55 bits per heavy atom. The maximum atomic E-state index is 5.42. The Hall–Kier alpha value is -0.120. The van der Waals surface area contributed by atoms with Crippen molar-refractivity contribution in [1.82, 2.24) is 0 Å². The maximum Gasteiger partial charge on any atom is 0.180 e. The molecule has 0 spiro atoms. The van der Waals surface area contributed by atoms with Gasteiger partial charge in [-0.3, -0.25) is 0 Å². The van der Waals surface area contributed by atoms with Gasteiger partial charge in [0.25, 0.3) is 0 Å². The van der Waals surface area contributed by atoms with Crippen molar-refractivity contribution < 1.29 is 14.2 Å². The molecule has 0 N–H and O–H groups in total. The van der Waals surface area contributed by atoms with Crippen LogP contribution in [0.1, 0.15) is 20.8 Å². The van der Waals surface area contributed by atoms with E-state index in [-0.39, 0.29) is 11.9 Å². The van der Waals surface area contributed by atoms with Crippen molar-refractivity contribution in [3.63, 3.8) is 0 Å². The molecule has 0 atom stereocenters. The first-order chi connectivity index (χ1) is 4.99. The molecule has 0 aromatic rings.